The molecule has 3 atom stereocenters. The normalized spacial score (nSPS) is 26.1. The van der Waals surface area contributed by atoms with Crippen molar-refractivity contribution in [2.24, 2.45) is 5.92 Å². The Balaban J connectivity index is 2.73. The van der Waals surface area contributed by atoms with Crippen LogP contribution in [0.15, 0.2) is 0 Å². The minimum atomic E-state index is 0.0332. The van der Waals surface area contributed by atoms with Gasteiger partial charge in [-0.25, -0.2) is 0 Å². The van der Waals surface area contributed by atoms with Crippen LogP contribution >= 0.6 is 11.8 Å². The van der Waals surface area contributed by atoms with Crippen molar-refractivity contribution in [2.45, 2.75) is 65.2 Å². The average Bonchev–Trinajstić information content (AvgIpc) is 2.56. The summed E-state index contributed by atoms with van der Waals surface area (Å²) in [6.45, 7) is 8.70. The maximum Gasteiger partial charge on any atom is 0.241 e. The van der Waals surface area contributed by atoms with Gasteiger partial charge in [-0.3, -0.25) is 10.1 Å². The highest BCUT2D eigenvalue weighted by molar-refractivity contribution is 7.98. The monoisotopic (exact) mass is 272 g/mol. The van der Waals surface area contributed by atoms with E-state index in [0.29, 0.717) is 17.9 Å². The molecule has 1 rings (SSSR count). The van der Waals surface area contributed by atoms with Gasteiger partial charge in [-0.1, -0.05) is 27.2 Å². The van der Waals surface area contributed by atoms with Crippen molar-refractivity contribution in [1.82, 2.24) is 10.2 Å². The van der Waals surface area contributed by atoms with E-state index in [9.17, 15) is 4.79 Å². The molecule has 1 fully saturated rings. The van der Waals surface area contributed by atoms with Gasteiger partial charge in [0, 0.05) is 11.8 Å². The molecule has 106 valence electrons. The quantitative estimate of drug-likeness (QED) is 0.773. The molecule has 1 amide bonds. The van der Waals surface area contributed by atoms with E-state index in [1.165, 1.54) is 0 Å². The van der Waals surface area contributed by atoms with Crippen LogP contribution in [0.25, 0.3) is 0 Å². The molecule has 0 spiro atoms. The maximum atomic E-state index is 12.5. The molecule has 1 aliphatic heterocycles. The standard InChI is InChI=1S/C14H28N2OS/c1-6-7-13-15-12(8-10(2)3)14(17)16(13)11(4)9-18-5/h10-13,15H,6-9H2,1-5H3. The average molecular weight is 272 g/mol. The van der Waals surface area contributed by atoms with Crippen LogP contribution in [-0.2, 0) is 4.79 Å². The lowest BCUT2D eigenvalue weighted by Crippen LogP contribution is -2.44. The van der Waals surface area contributed by atoms with Gasteiger partial charge in [0.15, 0.2) is 0 Å². The van der Waals surface area contributed by atoms with Gasteiger partial charge < -0.3 is 4.90 Å². The Labute approximate surface area is 116 Å². The highest BCUT2D eigenvalue weighted by Gasteiger charge is 2.40. The van der Waals surface area contributed by atoms with E-state index in [0.717, 1.165) is 25.0 Å². The third-order valence-corrected chi connectivity index (χ3v) is 4.25. The molecule has 0 bridgehead atoms. The zero-order chi connectivity index (χ0) is 13.7. The van der Waals surface area contributed by atoms with Gasteiger partial charge >= 0.3 is 0 Å². The molecule has 3 nitrogen and oxygen atoms in total. The number of hydrogen-bond donors (Lipinski definition) is 1. The molecule has 0 aromatic rings. The van der Waals surface area contributed by atoms with Gasteiger partial charge in [0.05, 0.1) is 12.2 Å². The molecule has 0 aromatic carbocycles. The summed E-state index contributed by atoms with van der Waals surface area (Å²) in [7, 11) is 0. The summed E-state index contributed by atoms with van der Waals surface area (Å²) in [6, 6.07) is 0.361. The molecule has 1 heterocycles. The number of rotatable bonds is 7. The van der Waals surface area contributed by atoms with Crippen molar-refractivity contribution in [3.8, 4) is 0 Å². The topological polar surface area (TPSA) is 32.3 Å². The van der Waals surface area contributed by atoms with Crippen molar-refractivity contribution >= 4 is 17.7 Å². The van der Waals surface area contributed by atoms with E-state index in [2.05, 4.69) is 44.2 Å². The van der Waals surface area contributed by atoms with Crippen LogP contribution < -0.4 is 5.32 Å². The minimum Gasteiger partial charge on any atom is -0.322 e. The first kappa shape index (κ1) is 15.8. The summed E-state index contributed by atoms with van der Waals surface area (Å²) < 4.78 is 0. The first-order chi connectivity index (χ1) is 8.51. The summed E-state index contributed by atoms with van der Waals surface area (Å²) in [4.78, 5) is 14.6. The second-order valence-corrected chi connectivity index (χ2v) is 6.61. The Kier molecular flexibility index (Phi) is 6.50. The smallest absolute Gasteiger partial charge is 0.241 e. The first-order valence-corrected chi connectivity index (χ1v) is 8.47. The van der Waals surface area contributed by atoms with E-state index in [1.54, 1.807) is 0 Å². The number of carbonyl (C=O) groups excluding carboxylic acids is 1. The number of carbonyl (C=O) groups is 1. The van der Waals surface area contributed by atoms with Gasteiger partial charge in [-0.2, -0.15) is 11.8 Å². The number of nitrogens with zero attached hydrogens (tertiary/aromatic N) is 1. The van der Waals surface area contributed by atoms with E-state index in [-0.39, 0.29) is 12.2 Å². The molecule has 1 aliphatic rings. The van der Waals surface area contributed by atoms with Crippen LogP contribution in [0.5, 0.6) is 0 Å². The molecule has 1 saturated heterocycles. The van der Waals surface area contributed by atoms with E-state index < -0.39 is 0 Å². The second kappa shape index (κ2) is 7.39. The zero-order valence-electron chi connectivity index (χ0n) is 12.4. The van der Waals surface area contributed by atoms with Crippen LogP contribution in [0.4, 0.5) is 0 Å². The van der Waals surface area contributed by atoms with Crippen molar-refractivity contribution in [3.63, 3.8) is 0 Å². The Bertz CT molecular complexity index is 271. The van der Waals surface area contributed by atoms with E-state index in [4.69, 9.17) is 0 Å². The molecule has 0 radical (unpaired) electrons. The molecular weight excluding hydrogens is 244 g/mol. The number of amides is 1. The molecule has 4 heteroatoms. The largest absolute Gasteiger partial charge is 0.322 e. The Morgan fingerprint density at radius 1 is 1.39 bits per heavy atom. The highest BCUT2D eigenvalue weighted by Crippen LogP contribution is 2.23. The van der Waals surface area contributed by atoms with Crippen molar-refractivity contribution < 1.29 is 4.79 Å². The lowest BCUT2D eigenvalue weighted by Gasteiger charge is -2.29. The summed E-state index contributed by atoms with van der Waals surface area (Å²) in [6.07, 6.45) is 5.46. The molecule has 0 saturated carbocycles. The lowest BCUT2D eigenvalue weighted by atomic mass is 10.0. The fourth-order valence-corrected chi connectivity index (χ4v) is 3.34. The first-order valence-electron chi connectivity index (χ1n) is 7.08. The summed E-state index contributed by atoms with van der Waals surface area (Å²) in [5, 5.41) is 3.53. The predicted octanol–water partition coefficient (Wildman–Crippen LogP) is 2.71. The van der Waals surface area contributed by atoms with Gasteiger partial charge in [0.2, 0.25) is 5.91 Å². The Morgan fingerprint density at radius 3 is 2.56 bits per heavy atom. The summed E-state index contributed by atoms with van der Waals surface area (Å²) in [5.74, 6) is 1.88. The summed E-state index contributed by atoms with van der Waals surface area (Å²) >= 11 is 1.81. The molecule has 0 aliphatic carbocycles. The Hall–Kier alpha value is -0.220. The third-order valence-electron chi connectivity index (χ3n) is 3.43. The third kappa shape index (κ3) is 3.89. The van der Waals surface area contributed by atoms with Crippen LogP contribution in [0.1, 0.15) is 47.0 Å². The van der Waals surface area contributed by atoms with Crippen LogP contribution in [0.3, 0.4) is 0 Å². The zero-order valence-corrected chi connectivity index (χ0v) is 13.2. The molecule has 0 aromatic heterocycles. The van der Waals surface area contributed by atoms with Gasteiger partial charge in [-0.05, 0) is 31.9 Å². The maximum absolute atomic E-state index is 12.5. The van der Waals surface area contributed by atoms with Gasteiger partial charge in [0.1, 0.15) is 0 Å². The van der Waals surface area contributed by atoms with Crippen molar-refractivity contribution in [2.75, 3.05) is 12.0 Å². The SMILES string of the molecule is CCCC1NC(CC(C)C)C(=O)N1C(C)CSC. The fraction of sp³-hybridized carbons (Fsp3) is 0.929. The molecule has 3 unspecified atom stereocenters. The van der Waals surface area contributed by atoms with Crippen LogP contribution in [0.2, 0.25) is 0 Å². The van der Waals surface area contributed by atoms with Gasteiger partial charge in [0.25, 0.3) is 0 Å². The second-order valence-electron chi connectivity index (χ2n) is 5.70. The number of nitrogens with one attached hydrogen (secondary N) is 1. The van der Waals surface area contributed by atoms with Gasteiger partial charge in [-0.15, -0.1) is 0 Å². The number of thioether (sulfide) groups is 1. The van der Waals surface area contributed by atoms with E-state index in [1.807, 2.05) is 11.8 Å². The summed E-state index contributed by atoms with van der Waals surface area (Å²) in [5.41, 5.74) is 0. The molecular formula is C14H28N2OS. The number of hydrogen-bond acceptors (Lipinski definition) is 3. The predicted molar refractivity (Wildman–Crippen MR) is 79.8 cm³/mol. The molecule has 18 heavy (non-hydrogen) atoms. The van der Waals surface area contributed by atoms with Crippen LogP contribution in [0, 0.1) is 5.92 Å². The van der Waals surface area contributed by atoms with Crippen molar-refractivity contribution in [1.29, 1.82) is 0 Å². The fourth-order valence-electron chi connectivity index (χ4n) is 2.70. The molecule has 1 N–H and O–H groups in total. The Morgan fingerprint density at radius 2 is 2.06 bits per heavy atom. The minimum absolute atomic E-state index is 0.0332. The van der Waals surface area contributed by atoms with Crippen molar-refractivity contribution in [3.05, 3.63) is 0 Å². The highest BCUT2D eigenvalue weighted by atomic mass is 32.2. The lowest BCUT2D eigenvalue weighted by molar-refractivity contribution is -0.131. The van der Waals surface area contributed by atoms with Crippen LogP contribution in [-0.4, -0.2) is 41.1 Å². The van der Waals surface area contributed by atoms with E-state index >= 15 is 0 Å².